The highest BCUT2D eigenvalue weighted by molar-refractivity contribution is 7.15. The van der Waals surface area contributed by atoms with Gasteiger partial charge in [0.2, 0.25) is 5.91 Å². The lowest BCUT2D eigenvalue weighted by Crippen LogP contribution is -2.56. The van der Waals surface area contributed by atoms with Crippen molar-refractivity contribution in [3.05, 3.63) is 58.0 Å². The van der Waals surface area contributed by atoms with Crippen molar-refractivity contribution in [1.29, 1.82) is 0 Å². The number of hydrogen-bond donors (Lipinski definition) is 1. The number of halogens is 1. The van der Waals surface area contributed by atoms with E-state index in [0.29, 0.717) is 36.2 Å². The minimum absolute atomic E-state index is 0.104. The summed E-state index contributed by atoms with van der Waals surface area (Å²) < 4.78 is 19.4. The number of nitrogens with zero attached hydrogens (tertiary/aromatic N) is 6. The number of likely N-dealkylation sites (N-methyl/N-ethyl adjacent to an activating group) is 2. The Labute approximate surface area is 235 Å². The van der Waals surface area contributed by atoms with Crippen LogP contribution in [0.5, 0.6) is 0 Å². The van der Waals surface area contributed by atoms with Crippen LogP contribution < -0.4 is 10.2 Å². The van der Waals surface area contributed by atoms with Gasteiger partial charge in [-0.15, -0.1) is 11.3 Å². The Balaban J connectivity index is 1.25. The molecule has 0 bridgehead atoms. The van der Waals surface area contributed by atoms with Crippen LogP contribution in [0.4, 0.5) is 15.2 Å². The molecule has 2 aromatic heterocycles. The van der Waals surface area contributed by atoms with Crippen LogP contribution in [-0.2, 0) is 17.8 Å². The molecule has 212 valence electrons. The van der Waals surface area contributed by atoms with Gasteiger partial charge in [0.1, 0.15) is 11.6 Å². The summed E-state index contributed by atoms with van der Waals surface area (Å²) >= 11 is 1.44. The van der Waals surface area contributed by atoms with Gasteiger partial charge in [0, 0.05) is 62.8 Å². The van der Waals surface area contributed by atoms with Gasteiger partial charge in [0.05, 0.1) is 17.8 Å². The number of oxazole rings is 1. The first kappa shape index (κ1) is 27.7. The topological polar surface area (TPSA) is 115 Å². The molecular weight excluding hydrogens is 537 g/mol. The minimum atomic E-state index is -0.508. The van der Waals surface area contributed by atoms with E-state index in [-0.39, 0.29) is 35.7 Å². The number of amides is 3. The number of benzene rings is 1. The lowest BCUT2D eigenvalue weighted by molar-refractivity contribution is -0.134. The fourth-order valence-electron chi connectivity index (χ4n) is 5.11. The number of aryl methyl sites for hydroxylation is 1. The summed E-state index contributed by atoms with van der Waals surface area (Å²) in [5.41, 5.74) is 1.98. The molecule has 3 amide bonds. The fourth-order valence-corrected chi connectivity index (χ4v) is 6.19. The second-order valence-electron chi connectivity index (χ2n) is 10.3. The number of piperazine rings is 1. The van der Waals surface area contributed by atoms with E-state index in [9.17, 15) is 18.8 Å². The van der Waals surface area contributed by atoms with Gasteiger partial charge in [0.15, 0.2) is 17.2 Å². The number of hydrogen-bond acceptors (Lipinski definition) is 9. The van der Waals surface area contributed by atoms with Gasteiger partial charge in [-0.25, -0.2) is 14.4 Å². The van der Waals surface area contributed by atoms with Crippen LogP contribution in [0.15, 0.2) is 29.0 Å². The smallest absolute Gasteiger partial charge is 0.276 e. The molecule has 2 aliphatic heterocycles. The van der Waals surface area contributed by atoms with Crippen LogP contribution in [0.3, 0.4) is 0 Å². The quantitative estimate of drug-likeness (QED) is 0.482. The number of fused-ring (bicyclic) bond motifs is 1. The van der Waals surface area contributed by atoms with Gasteiger partial charge in [-0.05, 0) is 39.1 Å². The first-order valence-electron chi connectivity index (χ1n) is 13.1. The summed E-state index contributed by atoms with van der Waals surface area (Å²) in [4.78, 5) is 55.9. The summed E-state index contributed by atoms with van der Waals surface area (Å²) in [5, 5.41) is 3.37. The molecule has 1 fully saturated rings. The maximum absolute atomic E-state index is 14.3. The first-order chi connectivity index (χ1) is 19.1. The van der Waals surface area contributed by atoms with E-state index in [1.807, 2.05) is 18.9 Å². The van der Waals surface area contributed by atoms with E-state index < -0.39 is 11.7 Å². The standard InChI is InChI=1S/C27H32FN7O4S/c1-16-12-34(9-10-35(16)23(36)14-33(4)26(38)24-17(2)39-15-29-24)21-6-5-18(28)11-19(21)25(37)31-27-30-20-7-8-32(3)13-22(20)40-27/h5-6,11,15-16H,7-10,12-14H2,1-4H3,(H,30,31,37). The molecule has 40 heavy (non-hydrogen) atoms. The van der Waals surface area contributed by atoms with Crippen molar-refractivity contribution in [1.82, 2.24) is 24.7 Å². The van der Waals surface area contributed by atoms with Crippen LogP contribution in [0.25, 0.3) is 0 Å². The van der Waals surface area contributed by atoms with Gasteiger partial charge in [-0.1, -0.05) is 0 Å². The van der Waals surface area contributed by atoms with Gasteiger partial charge in [-0.3, -0.25) is 19.7 Å². The molecule has 3 aromatic rings. The van der Waals surface area contributed by atoms with E-state index >= 15 is 0 Å². The van der Waals surface area contributed by atoms with E-state index in [1.54, 1.807) is 24.9 Å². The largest absolute Gasteiger partial charge is 0.448 e. The molecule has 1 saturated heterocycles. The zero-order chi connectivity index (χ0) is 28.6. The van der Waals surface area contributed by atoms with E-state index in [1.165, 1.54) is 34.8 Å². The highest BCUT2D eigenvalue weighted by Crippen LogP contribution is 2.30. The average molecular weight is 570 g/mol. The Bertz CT molecular complexity index is 1440. The van der Waals surface area contributed by atoms with Crippen LogP contribution in [0, 0.1) is 12.7 Å². The lowest BCUT2D eigenvalue weighted by atomic mass is 10.1. The molecule has 5 rings (SSSR count). The summed E-state index contributed by atoms with van der Waals surface area (Å²) in [7, 11) is 3.60. The second-order valence-corrected chi connectivity index (χ2v) is 11.4. The van der Waals surface area contributed by atoms with E-state index in [0.717, 1.165) is 30.1 Å². The van der Waals surface area contributed by atoms with Gasteiger partial charge >= 0.3 is 0 Å². The van der Waals surface area contributed by atoms with Crippen molar-refractivity contribution < 1.29 is 23.2 Å². The van der Waals surface area contributed by atoms with Crippen LogP contribution in [0.1, 0.15) is 44.1 Å². The molecule has 0 spiro atoms. The maximum atomic E-state index is 14.3. The molecule has 1 aromatic carbocycles. The van der Waals surface area contributed by atoms with Crippen molar-refractivity contribution in [3.8, 4) is 0 Å². The molecule has 1 unspecified atom stereocenters. The zero-order valence-electron chi connectivity index (χ0n) is 22.9. The Morgan fingerprint density at radius 1 is 1.25 bits per heavy atom. The summed E-state index contributed by atoms with van der Waals surface area (Å²) in [6.45, 7) is 6.43. The number of nitrogens with one attached hydrogen (secondary N) is 1. The van der Waals surface area contributed by atoms with Crippen LogP contribution >= 0.6 is 11.3 Å². The third kappa shape index (κ3) is 5.70. The summed E-state index contributed by atoms with van der Waals surface area (Å²) in [5.74, 6) is -1.12. The number of aromatic nitrogens is 2. The highest BCUT2D eigenvalue weighted by atomic mass is 32.1. The lowest BCUT2D eigenvalue weighted by Gasteiger charge is -2.42. The number of thiazole rings is 1. The number of anilines is 2. The van der Waals surface area contributed by atoms with Gasteiger partial charge in [0.25, 0.3) is 11.8 Å². The van der Waals surface area contributed by atoms with Gasteiger partial charge in [-0.2, -0.15) is 0 Å². The van der Waals surface area contributed by atoms with E-state index in [4.69, 9.17) is 4.42 Å². The normalized spacial score (nSPS) is 17.5. The first-order valence-corrected chi connectivity index (χ1v) is 13.9. The Morgan fingerprint density at radius 3 is 2.77 bits per heavy atom. The fraction of sp³-hybridized carbons (Fsp3) is 0.444. The molecule has 1 atom stereocenters. The van der Waals surface area contributed by atoms with Crippen molar-refractivity contribution in [2.45, 2.75) is 32.9 Å². The highest BCUT2D eigenvalue weighted by Gasteiger charge is 2.31. The van der Waals surface area contributed by atoms with Crippen LogP contribution in [-0.4, -0.2) is 95.3 Å². The van der Waals surface area contributed by atoms with Crippen molar-refractivity contribution >= 4 is 39.9 Å². The Hall–Kier alpha value is -3.84. The molecule has 11 nitrogen and oxygen atoms in total. The molecular formula is C27H32FN7O4S. The second kappa shape index (κ2) is 11.3. The number of rotatable bonds is 6. The average Bonchev–Trinajstić information content (AvgIpc) is 3.52. The summed E-state index contributed by atoms with van der Waals surface area (Å²) in [6.07, 6.45) is 2.03. The predicted molar refractivity (Wildman–Crippen MR) is 148 cm³/mol. The minimum Gasteiger partial charge on any atom is -0.448 e. The number of carbonyl (C=O) groups is 3. The van der Waals surface area contributed by atoms with Crippen molar-refractivity contribution in [2.75, 3.05) is 57.0 Å². The molecule has 0 radical (unpaired) electrons. The third-order valence-electron chi connectivity index (χ3n) is 7.30. The SMILES string of the molecule is Cc1ocnc1C(=O)N(C)CC(=O)N1CCN(c2ccc(F)cc2C(=O)Nc2nc3c(s2)CN(C)CC3)CC1C. The molecule has 1 N–H and O–H groups in total. The van der Waals surface area contributed by atoms with Crippen molar-refractivity contribution in [3.63, 3.8) is 0 Å². The number of carbonyl (C=O) groups excluding carboxylic acids is 3. The van der Waals surface area contributed by atoms with Crippen molar-refractivity contribution in [2.24, 2.45) is 0 Å². The molecule has 13 heteroatoms. The van der Waals surface area contributed by atoms with Gasteiger partial charge < -0.3 is 24.0 Å². The molecule has 2 aliphatic rings. The Kier molecular flexibility index (Phi) is 7.86. The molecule has 0 saturated carbocycles. The molecule has 4 heterocycles. The monoisotopic (exact) mass is 569 g/mol. The predicted octanol–water partition coefficient (Wildman–Crippen LogP) is 2.63. The Morgan fingerprint density at radius 2 is 2.05 bits per heavy atom. The third-order valence-corrected chi connectivity index (χ3v) is 8.30. The molecule has 0 aliphatic carbocycles. The van der Waals surface area contributed by atoms with E-state index in [2.05, 4.69) is 20.2 Å². The maximum Gasteiger partial charge on any atom is 0.276 e. The van der Waals surface area contributed by atoms with Crippen LogP contribution in [0.2, 0.25) is 0 Å². The summed E-state index contributed by atoms with van der Waals surface area (Å²) in [6, 6.07) is 3.96. The zero-order valence-corrected chi connectivity index (χ0v) is 23.8.